The van der Waals surface area contributed by atoms with Gasteiger partial charge in [-0.15, -0.1) is 0 Å². The van der Waals surface area contributed by atoms with E-state index in [-0.39, 0.29) is 6.42 Å². The molecule has 39 heavy (non-hydrogen) atoms. The number of hydrogen-bond donors (Lipinski definition) is 12. The van der Waals surface area contributed by atoms with Gasteiger partial charge in [-0.1, -0.05) is 6.92 Å². The van der Waals surface area contributed by atoms with Gasteiger partial charge in [-0.25, -0.2) is 0 Å². The second-order valence-corrected chi connectivity index (χ2v) is 9.96. The van der Waals surface area contributed by atoms with Crippen LogP contribution in [0.5, 0.6) is 0 Å². The van der Waals surface area contributed by atoms with Crippen LogP contribution in [0.25, 0.3) is 0 Å². The molecule has 0 aromatic rings. The highest BCUT2D eigenvalue weighted by molar-refractivity contribution is 5.01. The highest BCUT2D eigenvalue weighted by atomic mass is 16.8. The van der Waals surface area contributed by atoms with E-state index in [4.69, 9.17) is 23.7 Å². The van der Waals surface area contributed by atoms with Crippen molar-refractivity contribution in [1.29, 1.82) is 0 Å². The molecule has 0 spiro atoms. The van der Waals surface area contributed by atoms with Gasteiger partial charge in [0.15, 0.2) is 12.6 Å². The predicted octanol–water partition coefficient (Wildman–Crippen LogP) is -7.04. The summed E-state index contributed by atoms with van der Waals surface area (Å²) in [7, 11) is 0. The maximum absolute atomic E-state index is 10.9. The molecular weight excluding hydrogens is 536 g/mol. The quantitative estimate of drug-likeness (QED) is 0.115. The van der Waals surface area contributed by atoms with Crippen molar-refractivity contribution >= 4 is 0 Å². The van der Waals surface area contributed by atoms with Crippen molar-refractivity contribution in [2.45, 2.75) is 117 Å². The summed E-state index contributed by atoms with van der Waals surface area (Å²) in [5.74, 6) is -2.37. The fourth-order valence-electron chi connectivity index (χ4n) is 4.93. The van der Waals surface area contributed by atoms with Crippen LogP contribution < -0.4 is 0 Å². The average molecular weight is 577 g/mol. The minimum absolute atomic E-state index is 0.119. The number of rotatable bonds is 10. The Morgan fingerprint density at radius 3 is 1.82 bits per heavy atom. The third kappa shape index (κ3) is 6.55. The molecule has 0 bridgehead atoms. The Hall–Kier alpha value is -0.680. The summed E-state index contributed by atoms with van der Waals surface area (Å²) in [6.45, 7) is -0.923. The average Bonchev–Trinajstić information content (AvgIpc) is 2.93. The molecule has 3 rings (SSSR count). The van der Waals surface area contributed by atoms with Gasteiger partial charge < -0.3 is 85.0 Å². The standard InChI is InChI=1S/C22H40O17/c1-2-7(26)3-22(19(33)14(30)11(27)8(4-23)38-22)39-18-10(6-25)36-21(16(32)13(18)29)37-17-9(5-24)35-20(34)15(31)12(17)28/h7-21,23-34H,2-6H2,1H3/t7?,8-,9-,10-,11-,12-,13-,14+,15-,16-,17-,18-,19-,20+,21?,22?/m1/s1. The number of hydrogen-bond acceptors (Lipinski definition) is 17. The van der Waals surface area contributed by atoms with E-state index in [0.717, 1.165) is 0 Å². The molecule has 0 radical (unpaired) electrons. The Labute approximate surface area is 222 Å². The summed E-state index contributed by atoms with van der Waals surface area (Å²) in [6.07, 6.45) is -26.4. The first-order valence-electron chi connectivity index (χ1n) is 12.6. The maximum Gasteiger partial charge on any atom is 0.200 e. The molecule has 0 aromatic carbocycles. The highest BCUT2D eigenvalue weighted by Gasteiger charge is 2.59. The molecule has 3 saturated heterocycles. The number of ether oxygens (including phenoxy) is 5. The first-order chi connectivity index (χ1) is 18.3. The van der Waals surface area contributed by atoms with Crippen LogP contribution in [0.4, 0.5) is 0 Å². The summed E-state index contributed by atoms with van der Waals surface area (Å²) >= 11 is 0. The molecule has 16 atom stereocenters. The van der Waals surface area contributed by atoms with Gasteiger partial charge in [-0.3, -0.25) is 0 Å². The lowest BCUT2D eigenvalue weighted by Gasteiger charge is -2.52. The third-order valence-corrected chi connectivity index (χ3v) is 7.31. The zero-order valence-corrected chi connectivity index (χ0v) is 21.1. The second kappa shape index (κ2) is 13.5. The fourth-order valence-corrected chi connectivity index (χ4v) is 4.93. The van der Waals surface area contributed by atoms with E-state index >= 15 is 0 Å². The first-order valence-corrected chi connectivity index (χ1v) is 12.6. The van der Waals surface area contributed by atoms with Crippen LogP contribution in [0.15, 0.2) is 0 Å². The number of aliphatic hydroxyl groups is 12. The molecule has 12 N–H and O–H groups in total. The lowest BCUT2D eigenvalue weighted by atomic mass is 9.87. The van der Waals surface area contributed by atoms with E-state index in [1.165, 1.54) is 0 Å². The van der Waals surface area contributed by atoms with Crippen molar-refractivity contribution in [3.05, 3.63) is 0 Å². The molecule has 17 heteroatoms. The van der Waals surface area contributed by atoms with Crippen LogP contribution >= 0.6 is 0 Å². The summed E-state index contributed by atoms with van der Waals surface area (Å²) in [5, 5.41) is 123. The second-order valence-electron chi connectivity index (χ2n) is 9.96. The summed E-state index contributed by atoms with van der Waals surface area (Å²) < 4.78 is 27.4. The van der Waals surface area contributed by atoms with E-state index in [2.05, 4.69) is 0 Å². The Morgan fingerprint density at radius 2 is 1.26 bits per heavy atom. The smallest absolute Gasteiger partial charge is 0.200 e. The van der Waals surface area contributed by atoms with Crippen molar-refractivity contribution in [3.63, 3.8) is 0 Å². The van der Waals surface area contributed by atoms with Crippen LogP contribution in [0, 0.1) is 0 Å². The van der Waals surface area contributed by atoms with Crippen molar-refractivity contribution in [2.24, 2.45) is 0 Å². The summed E-state index contributed by atoms with van der Waals surface area (Å²) in [5.41, 5.74) is 0. The zero-order chi connectivity index (χ0) is 29.2. The van der Waals surface area contributed by atoms with Gasteiger partial charge in [0.25, 0.3) is 0 Å². The van der Waals surface area contributed by atoms with E-state index < -0.39 is 124 Å². The molecular formula is C22H40O17. The molecule has 0 aliphatic carbocycles. The summed E-state index contributed by atoms with van der Waals surface area (Å²) in [4.78, 5) is 0. The molecule has 3 aliphatic rings. The van der Waals surface area contributed by atoms with Crippen LogP contribution in [-0.2, 0) is 23.7 Å². The van der Waals surface area contributed by atoms with E-state index in [1.54, 1.807) is 6.92 Å². The van der Waals surface area contributed by atoms with Crippen molar-refractivity contribution in [2.75, 3.05) is 19.8 Å². The fraction of sp³-hybridized carbons (Fsp3) is 1.00. The lowest BCUT2D eigenvalue weighted by molar-refractivity contribution is -0.414. The summed E-state index contributed by atoms with van der Waals surface area (Å²) in [6, 6.07) is 0. The van der Waals surface area contributed by atoms with Gasteiger partial charge in [-0.2, -0.15) is 0 Å². The van der Waals surface area contributed by atoms with Crippen molar-refractivity contribution in [1.82, 2.24) is 0 Å². The van der Waals surface area contributed by atoms with Gasteiger partial charge in [0.1, 0.15) is 73.2 Å². The topological polar surface area (TPSA) is 289 Å². The van der Waals surface area contributed by atoms with E-state index in [1.807, 2.05) is 0 Å². The van der Waals surface area contributed by atoms with E-state index in [9.17, 15) is 61.3 Å². The lowest BCUT2D eigenvalue weighted by Crippen LogP contribution is -2.70. The molecule has 0 saturated carbocycles. The van der Waals surface area contributed by atoms with E-state index in [0.29, 0.717) is 0 Å². The Morgan fingerprint density at radius 1 is 0.692 bits per heavy atom. The molecule has 230 valence electrons. The molecule has 17 nitrogen and oxygen atoms in total. The van der Waals surface area contributed by atoms with Gasteiger partial charge in [-0.05, 0) is 6.42 Å². The highest BCUT2D eigenvalue weighted by Crippen LogP contribution is 2.39. The van der Waals surface area contributed by atoms with Gasteiger partial charge in [0, 0.05) is 6.42 Å². The largest absolute Gasteiger partial charge is 0.394 e. The molecule has 3 aliphatic heterocycles. The minimum atomic E-state index is -2.37. The SMILES string of the molecule is CCC(O)CC1(O[C@H]2[C@H](O)[C@@H](O)C(O[C@H]3[C@H](O)[C@@H](O)[C@@H](O)O[C@@H]3CO)O[C@@H]2CO)O[C@H](CO)[C@@H](O)[C@H](O)[C@H]1O. The van der Waals surface area contributed by atoms with Crippen LogP contribution in [-0.4, -0.2) is 179 Å². The van der Waals surface area contributed by atoms with Crippen molar-refractivity contribution < 1.29 is 85.0 Å². The molecule has 0 amide bonds. The predicted molar refractivity (Wildman–Crippen MR) is 121 cm³/mol. The third-order valence-electron chi connectivity index (χ3n) is 7.31. The first kappa shape index (κ1) is 32.8. The molecule has 3 fully saturated rings. The Kier molecular flexibility index (Phi) is 11.4. The van der Waals surface area contributed by atoms with Crippen molar-refractivity contribution in [3.8, 4) is 0 Å². The van der Waals surface area contributed by atoms with Crippen LogP contribution in [0.3, 0.4) is 0 Å². The Bertz CT molecular complexity index is 756. The molecule has 3 heterocycles. The van der Waals surface area contributed by atoms with Crippen LogP contribution in [0.2, 0.25) is 0 Å². The minimum Gasteiger partial charge on any atom is -0.394 e. The van der Waals surface area contributed by atoms with Crippen LogP contribution in [0.1, 0.15) is 19.8 Å². The molecule has 0 aromatic heterocycles. The molecule has 3 unspecified atom stereocenters. The van der Waals surface area contributed by atoms with Gasteiger partial charge in [0.2, 0.25) is 5.79 Å². The van der Waals surface area contributed by atoms with Gasteiger partial charge >= 0.3 is 0 Å². The normalized spacial score (nSPS) is 50.1. The maximum atomic E-state index is 10.9. The zero-order valence-electron chi connectivity index (χ0n) is 21.1. The van der Waals surface area contributed by atoms with Gasteiger partial charge in [0.05, 0.1) is 25.9 Å². The Balaban J connectivity index is 1.86. The monoisotopic (exact) mass is 576 g/mol. The number of aliphatic hydroxyl groups excluding tert-OH is 12.